The molecule has 0 fully saturated rings. The van der Waals surface area contributed by atoms with E-state index in [2.05, 4.69) is 0 Å². The molecule has 0 radical (unpaired) electrons. The minimum atomic E-state index is -0.824. The second-order valence-electron chi connectivity index (χ2n) is 3.59. The van der Waals surface area contributed by atoms with E-state index in [0.29, 0.717) is 6.42 Å². The zero-order valence-corrected chi connectivity index (χ0v) is 9.06. The summed E-state index contributed by atoms with van der Waals surface area (Å²) in [5.41, 5.74) is 2.32. The van der Waals surface area contributed by atoms with Crippen molar-refractivity contribution in [1.29, 1.82) is 0 Å². The summed E-state index contributed by atoms with van der Waals surface area (Å²) < 4.78 is 5.14. The lowest BCUT2D eigenvalue weighted by Crippen LogP contribution is -2.19. The highest BCUT2D eigenvalue weighted by Gasteiger charge is 2.13. The summed E-state index contributed by atoms with van der Waals surface area (Å²) in [5, 5.41) is 8.68. The lowest BCUT2D eigenvalue weighted by molar-refractivity contribution is -0.139. The molecule has 1 rings (SSSR count). The van der Waals surface area contributed by atoms with Crippen LogP contribution < -0.4 is 0 Å². The van der Waals surface area contributed by atoms with Gasteiger partial charge in [0.1, 0.15) is 0 Å². The fourth-order valence-corrected chi connectivity index (χ4v) is 1.52. The molecule has 0 aliphatic rings. The Labute approximate surface area is 89.7 Å². The molecule has 3 nitrogen and oxygen atoms in total. The maximum absolute atomic E-state index is 10.6. The molecule has 0 heterocycles. The zero-order valence-electron chi connectivity index (χ0n) is 9.06. The zero-order chi connectivity index (χ0) is 11.3. The van der Waals surface area contributed by atoms with Gasteiger partial charge in [0.05, 0.1) is 12.5 Å². The van der Waals surface area contributed by atoms with Crippen LogP contribution >= 0.6 is 0 Å². The van der Waals surface area contributed by atoms with Gasteiger partial charge in [0.25, 0.3) is 0 Å². The number of benzene rings is 1. The predicted octanol–water partition coefficient (Wildman–Crippen LogP) is 2.03. The topological polar surface area (TPSA) is 46.5 Å². The average Bonchev–Trinajstić information content (AvgIpc) is 2.19. The smallest absolute Gasteiger partial charge is 0.305 e. The van der Waals surface area contributed by atoms with Crippen molar-refractivity contribution in [3.05, 3.63) is 35.4 Å². The van der Waals surface area contributed by atoms with E-state index in [1.165, 1.54) is 5.56 Å². The van der Waals surface area contributed by atoms with E-state index in [4.69, 9.17) is 9.84 Å². The van der Waals surface area contributed by atoms with Crippen LogP contribution in [-0.2, 0) is 16.0 Å². The number of aliphatic carboxylic acids is 1. The molecule has 0 amide bonds. The van der Waals surface area contributed by atoms with E-state index in [1.54, 1.807) is 7.11 Å². The molecule has 0 saturated carbocycles. The van der Waals surface area contributed by atoms with Gasteiger partial charge in [0.2, 0.25) is 0 Å². The van der Waals surface area contributed by atoms with Gasteiger partial charge in [-0.3, -0.25) is 4.79 Å². The maximum Gasteiger partial charge on any atom is 0.305 e. The molecule has 0 aliphatic carbocycles. The van der Waals surface area contributed by atoms with Gasteiger partial charge in [-0.2, -0.15) is 0 Å². The third kappa shape index (κ3) is 3.72. The molecule has 1 unspecified atom stereocenters. The molecule has 0 spiro atoms. The molecule has 3 heteroatoms. The quantitative estimate of drug-likeness (QED) is 0.805. The first-order valence-corrected chi connectivity index (χ1v) is 4.92. The fraction of sp³-hybridized carbons (Fsp3) is 0.417. The largest absolute Gasteiger partial charge is 0.481 e. The van der Waals surface area contributed by atoms with Gasteiger partial charge in [-0.15, -0.1) is 0 Å². The fourth-order valence-electron chi connectivity index (χ4n) is 1.52. The molecular weight excluding hydrogens is 192 g/mol. The third-order valence-electron chi connectivity index (χ3n) is 2.44. The first-order valence-electron chi connectivity index (χ1n) is 4.92. The highest BCUT2D eigenvalue weighted by atomic mass is 16.5. The summed E-state index contributed by atoms with van der Waals surface area (Å²) in [5.74, 6) is -0.824. The van der Waals surface area contributed by atoms with Crippen molar-refractivity contribution in [1.82, 2.24) is 0 Å². The molecule has 15 heavy (non-hydrogen) atoms. The summed E-state index contributed by atoms with van der Waals surface area (Å²) in [6.45, 7) is 2.02. The van der Waals surface area contributed by atoms with Crippen LogP contribution in [0.25, 0.3) is 0 Å². The van der Waals surface area contributed by atoms with Crippen molar-refractivity contribution in [2.75, 3.05) is 7.11 Å². The van der Waals surface area contributed by atoms with Crippen LogP contribution in [0.4, 0.5) is 0 Å². The minimum absolute atomic E-state index is 0.0465. The van der Waals surface area contributed by atoms with Crippen molar-refractivity contribution < 1.29 is 14.6 Å². The van der Waals surface area contributed by atoms with Gasteiger partial charge in [-0.25, -0.2) is 0 Å². The number of rotatable bonds is 5. The number of carboxylic acid groups (broad SMARTS) is 1. The van der Waals surface area contributed by atoms with Crippen molar-refractivity contribution in [2.45, 2.75) is 25.9 Å². The third-order valence-corrected chi connectivity index (χ3v) is 2.44. The molecule has 1 atom stereocenters. The molecule has 82 valence electrons. The van der Waals surface area contributed by atoms with Crippen molar-refractivity contribution in [3.63, 3.8) is 0 Å². The molecule has 0 aliphatic heterocycles. The van der Waals surface area contributed by atoms with Crippen LogP contribution in [0, 0.1) is 6.92 Å². The van der Waals surface area contributed by atoms with E-state index in [1.807, 2.05) is 31.2 Å². The van der Waals surface area contributed by atoms with Crippen LogP contribution in [0.15, 0.2) is 24.3 Å². The Morgan fingerprint density at radius 3 is 2.67 bits per heavy atom. The first-order chi connectivity index (χ1) is 7.13. The van der Waals surface area contributed by atoms with Crippen molar-refractivity contribution >= 4 is 5.97 Å². The van der Waals surface area contributed by atoms with E-state index < -0.39 is 5.97 Å². The Bertz CT molecular complexity index is 333. The molecular formula is C12H16O3. The van der Waals surface area contributed by atoms with Gasteiger partial charge >= 0.3 is 5.97 Å². The Balaban J connectivity index is 2.66. The Kier molecular flexibility index (Phi) is 4.31. The van der Waals surface area contributed by atoms with E-state index in [9.17, 15) is 4.79 Å². The van der Waals surface area contributed by atoms with Crippen LogP contribution in [0.3, 0.4) is 0 Å². The van der Waals surface area contributed by atoms with Crippen molar-refractivity contribution in [2.24, 2.45) is 0 Å². The first kappa shape index (κ1) is 11.7. The maximum atomic E-state index is 10.6. The number of ether oxygens (including phenoxy) is 1. The molecule has 1 aromatic carbocycles. The summed E-state index contributed by atoms with van der Waals surface area (Å²) >= 11 is 0. The van der Waals surface area contributed by atoms with Crippen molar-refractivity contribution in [3.8, 4) is 0 Å². The summed E-state index contributed by atoms with van der Waals surface area (Å²) in [6.07, 6.45) is 0.448. The average molecular weight is 208 g/mol. The number of hydrogen-bond acceptors (Lipinski definition) is 2. The second kappa shape index (κ2) is 5.51. The molecule has 0 aromatic heterocycles. The Morgan fingerprint density at radius 1 is 1.47 bits per heavy atom. The molecule has 0 bridgehead atoms. The summed E-state index contributed by atoms with van der Waals surface area (Å²) in [4.78, 5) is 10.6. The Morgan fingerprint density at radius 2 is 2.13 bits per heavy atom. The molecule has 1 N–H and O–H groups in total. The number of hydrogen-bond donors (Lipinski definition) is 1. The van der Waals surface area contributed by atoms with Crippen LogP contribution in [0.5, 0.6) is 0 Å². The molecule has 1 aromatic rings. The van der Waals surface area contributed by atoms with Gasteiger partial charge in [-0.05, 0) is 24.5 Å². The normalized spacial score (nSPS) is 12.4. The van der Waals surface area contributed by atoms with E-state index in [-0.39, 0.29) is 12.5 Å². The standard InChI is InChI=1S/C12H16O3/c1-9-5-3-4-6-10(9)7-11(15-2)8-12(13)14/h3-6,11H,7-8H2,1-2H3,(H,13,14). The van der Waals surface area contributed by atoms with Gasteiger partial charge < -0.3 is 9.84 Å². The van der Waals surface area contributed by atoms with Crippen LogP contribution in [0.1, 0.15) is 17.5 Å². The van der Waals surface area contributed by atoms with Gasteiger partial charge in [0, 0.05) is 7.11 Å². The number of aryl methyl sites for hydroxylation is 1. The lowest BCUT2D eigenvalue weighted by Gasteiger charge is -2.14. The number of methoxy groups -OCH3 is 1. The SMILES string of the molecule is COC(CC(=O)O)Cc1ccccc1C. The number of carbonyl (C=O) groups is 1. The molecule has 0 saturated heterocycles. The monoisotopic (exact) mass is 208 g/mol. The van der Waals surface area contributed by atoms with E-state index in [0.717, 1.165) is 5.56 Å². The minimum Gasteiger partial charge on any atom is -0.481 e. The highest BCUT2D eigenvalue weighted by molar-refractivity contribution is 5.67. The lowest BCUT2D eigenvalue weighted by atomic mass is 10.0. The van der Waals surface area contributed by atoms with E-state index >= 15 is 0 Å². The summed E-state index contributed by atoms with van der Waals surface area (Å²) in [6, 6.07) is 7.94. The highest BCUT2D eigenvalue weighted by Crippen LogP contribution is 2.12. The number of carboxylic acids is 1. The second-order valence-corrected chi connectivity index (χ2v) is 3.59. The Hall–Kier alpha value is -1.35. The van der Waals surface area contributed by atoms with Crippen LogP contribution in [-0.4, -0.2) is 24.3 Å². The van der Waals surface area contributed by atoms with Gasteiger partial charge in [0.15, 0.2) is 0 Å². The summed E-state index contributed by atoms with van der Waals surface area (Å²) in [7, 11) is 1.55. The predicted molar refractivity (Wildman–Crippen MR) is 57.9 cm³/mol. The van der Waals surface area contributed by atoms with Crippen LogP contribution in [0.2, 0.25) is 0 Å². The van der Waals surface area contributed by atoms with Gasteiger partial charge in [-0.1, -0.05) is 24.3 Å².